The van der Waals surface area contributed by atoms with Crippen LogP contribution < -0.4 is 4.74 Å². The summed E-state index contributed by atoms with van der Waals surface area (Å²) in [5, 5.41) is 11.5. The van der Waals surface area contributed by atoms with Crippen LogP contribution in [0.1, 0.15) is 11.1 Å². The van der Waals surface area contributed by atoms with Crippen LogP contribution in [0.3, 0.4) is 0 Å². The second-order valence-electron chi connectivity index (χ2n) is 6.42. The van der Waals surface area contributed by atoms with Gasteiger partial charge < -0.3 is 9.84 Å². The first-order valence-corrected chi connectivity index (χ1v) is 8.49. The van der Waals surface area contributed by atoms with Gasteiger partial charge in [-0.2, -0.15) is 0 Å². The average molecular weight is 356 g/mol. The lowest BCUT2D eigenvalue weighted by molar-refractivity contribution is -0.138. The number of rotatable bonds is 3. The molecule has 1 atom stereocenters. The van der Waals surface area contributed by atoms with Gasteiger partial charge in [0, 0.05) is 0 Å². The number of carboxylic acids is 1. The standard InChI is InChI=1S/C23H16O4/c1-27-19-7-4-15-10-14(2-3-17(15)12-19)16-5-8-20-18(11-16)6-9-21(23(25)26)22(20)13-24/h2-12,21H,1H3,(H,25,26). The molecule has 0 amide bonds. The molecule has 1 aliphatic rings. The number of benzene rings is 3. The van der Waals surface area contributed by atoms with E-state index in [1.54, 1.807) is 19.3 Å². The van der Waals surface area contributed by atoms with E-state index < -0.39 is 11.9 Å². The van der Waals surface area contributed by atoms with Crippen molar-refractivity contribution >= 4 is 34.3 Å². The summed E-state index contributed by atoms with van der Waals surface area (Å²) in [6.07, 6.45) is 3.28. The Kier molecular flexibility index (Phi) is 4.11. The first-order chi connectivity index (χ1) is 13.1. The number of carbonyl (C=O) groups is 1. The second kappa shape index (κ2) is 6.60. The number of carbonyl (C=O) groups excluding carboxylic acids is 1. The summed E-state index contributed by atoms with van der Waals surface area (Å²) in [5.74, 6) is 0.624. The van der Waals surface area contributed by atoms with Crippen LogP contribution in [0.5, 0.6) is 5.75 Å². The van der Waals surface area contributed by atoms with Crippen LogP contribution in [-0.4, -0.2) is 24.1 Å². The Bertz CT molecular complexity index is 1150. The Morgan fingerprint density at radius 3 is 2.44 bits per heavy atom. The molecule has 27 heavy (non-hydrogen) atoms. The van der Waals surface area contributed by atoms with Gasteiger partial charge in [-0.3, -0.25) is 4.79 Å². The van der Waals surface area contributed by atoms with Crippen molar-refractivity contribution in [3.8, 4) is 16.9 Å². The van der Waals surface area contributed by atoms with E-state index in [9.17, 15) is 14.7 Å². The highest BCUT2D eigenvalue weighted by Gasteiger charge is 2.27. The van der Waals surface area contributed by atoms with Crippen molar-refractivity contribution < 1.29 is 19.4 Å². The zero-order valence-electron chi connectivity index (χ0n) is 14.6. The Labute approximate surface area is 156 Å². The minimum Gasteiger partial charge on any atom is -0.497 e. The molecule has 0 aromatic heterocycles. The van der Waals surface area contributed by atoms with Crippen LogP contribution in [-0.2, 0) is 9.59 Å². The summed E-state index contributed by atoms with van der Waals surface area (Å²) in [5.41, 5.74) is 3.64. The number of methoxy groups -OCH3 is 1. The predicted molar refractivity (Wildman–Crippen MR) is 105 cm³/mol. The summed E-state index contributed by atoms with van der Waals surface area (Å²) in [6, 6.07) is 17.8. The van der Waals surface area contributed by atoms with Gasteiger partial charge >= 0.3 is 5.97 Å². The van der Waals surface area contributed by atoms with Crippen LogP contribution in [0.2, 0.25) is 0 Å². The molecule has 0 saturated heterocycles. The Morgan fingerprint density at radius 1 is 1.00 bits per heavy atom. The maximum Gasteiger partial charge on any atom is 0.315 e. The highest BCUT2D eigenvalue weighted by molar-refractivity contribution is 6.04. The predicted octanol–water partition coefficient (Wildman–Crippen LogP) is 4.46. The fraction of sp³-hybridized carbons (Fsp3) is 0.0870. The van der Waals surface area contributed by atoms with E-state index in [0.717, 1.165) is 33.2 Å². The zero-order valence-corrected chi connectivity index (χ0v) is 14.6. The van der Waals surface area contributed by atoms with Crippen molar-refractivity contribution in [1.29, 1.82) is 0 Å². The van der Waals surface area contributed by atoms with Crippen molar-refractivity contribution in [2.24, 2.45) is 5.92 Å². The number of aliphatic carboxylic acids is 1. The van der Waals surface area contributed by atoms with Gasteiger partial charge in [-0.05, 0) is 57.3 Å². The van der Waals surface area contributed by atoms with Gasteiger partial charge in [-0.25, -0.2) is 4.79 Å². The lowest BCUT2D eigenvalue weighted by Crippen LogP contribution is -2.16. The van der Waals surface area contributed by atoms with Crippen LogP contribution in [0.15, 0.2) is 60.7 Å². The molecule has 0 spiro atoms. The molecule has 0 saturated carbocycles. The topological polar surface area (TPSA) is 63.6 Å². The molecule has 3 aromatic carbocycles. The third-order valence-corrected chi connectivity index (χ3v) is 4.88. The number of ether oxygens (including phenoxy) is 1. The second-order valence-corrected chi connectivity index (χ2v) is 6.42. The maximum absolute atomic E-state index is 11.3. The fourth-order valence-electron chi connectivity index (χ4n) is 3.44. The van der Waals surface area contributed by atoms with Crippen molar-refractivity contribution in [2.45, 2.75) is 0 Å². The molecule has 1 unspecified atom stereocenters. The summed E-state index contributed by atoms with van der Waals surface area (Å²) < 4.78 is 5.26. The van der Waals surface area contributed by atoms with Gasteiger partial charge in [-0.1, -0.05) is 42.5 Å². The third-order valence-electron chi connectivity index (χ3n) is 4.88. The minimum absolute atomic E-state index is 0.164. The summed E-state index contributed by atoms with van der Waals surface area (Å²) in [7, 11) is 1.65. The third kappa shape index (κ3) is 2.92. The summed E-state index contributed by atoms with van der Waals surface area (Å²) in [6.45, 7) is 0. The van der Waals surface area contributed by atoms with Crippen molar-refractivity contribution in [3.05, 3.63) is 71.8 Å². The number of fused-ring (bicyclic) bond motifs is 2. The van der Waals surface area contributed by atoms with Crippen LogP contribution >= 0.6 is 0 Å². The molecule has 0 heterocycles. The van der Waals surface area contributed by atoms with Gasteiger partial charge in [0.25, 0.3) is 0 Å². The van der Waals surface area contributed by atoms with E-state index in [-0.39, 0.29) is 5.57 Å². The van der Waals surface area contributed by atoms with Gasteiger partial charge in [-0.15, -0.1) is 0 Å². The molecular weight excluding hydrogens is 340 g/mol. The highest BCUT2D eigenvalue weighted by atomic mass is 16.5. The molecule has 3 aromatic rings. The lowest BCUT2D eigenvalue weighted by atomic mass is 9.84. The molecule has 132 valence electrons. The van der Waals surface area contributed by atoms with E-state index in [0.29, 0.717) is 5.56 Å². The summed E-state index contributed by atoms with van der Waals surface area (Å²) >= 11 is 0. The smallest absolute Gasteiger partial charge is 0.315 e. The van der Waals surface area contributed by atoms with Crippen LogP contribution in [0, 0.1) is 5.92 Å². The maximum atomic E-state index is 11.3. The molecule has 0 aliphatic heterocycles. The molecule has 0 fully saturated rings. The lowest BCUT2D eigenvalue weighted by Gasteiger charge is -2.18. The van der Waals surface area contributed by atoms with Crippen LogP contribution in [0.25, 0.3) is 33.5 Å². The Morgan fingerprint density at radius 2 is 1.70 bits per heavy atom. The van der Waals surface area contributed by atoms with Gasteiger partial charge in [0.05, 0.1) is 12.7 Å². The molecule has 0 radical (unpaired) electrons. The van der Waals surface area contributed by atoms with E-state index in [1.165, 1.54) is 6.08 Å². The zero-order chi connectivity index (χ0) is 19.0. The largest absolute Gasteiger partial charge is 0.497 e. The number of carboxylic acid groups (broad SMARTS) is 1. The molecule has 1 aliphatic carbocycles. The van der Waals surface area contributed by atoms with Gasteiger partial charge in [0.1, 0.15) is 17.6 Å². The van der Waals surface area contributed by atoms with Crippen LogP contribution in [0.4, 0.5) is 0 Å². The van der Waals surface area contributed by atoms with E-state index in [4.69, 9.17) is 4.74 Å². The van der Waals surface area contributed by atoms with Crippen molar-refractivity contribution in [3.63, 3.8) is 0 Å². The Balaban J connectivity index is 1.78. The van der Waals surface area contributed by atoms with Gasteiger partial charge in [0.15, 0.2) is 0 Å². The molecule has 1 N–H and O–H groups in total. The average Bonchev–Trinajstić information content (AvgIpc) is 2.71. The molecule has 4 heteroatoms. The first kappa shape index (κ1) is 16.8. The SMILES string of the molecule is COc1ccc2cc(-c3ccc4c(c3)C=CC(C(=O)O)C4=C=O)ccc2c1. The fourth-order valence-corrected chi connectivity index (χ4v) is 3.44. The molecular formula is C23H16O4. The monoisotopic (exact) mass is 356 g/mol. The van der Waals surface area contributed by atoms with E-state index in [1.807, 2.05) is 48.4 Å². The quantitative estimate of drug-likeness (QED) is 0.704. The first-order valence-electron chi connectivity index (χ1n) is 8.49. The summed E-state index contributed by atoms with van der Waals surface area (Å²) in [4.78, 5) is 22.7. The number of hydrogen-bond acceptors (Lipinski definition) is 3. The Hall–Kier alpha value is -3.62. The van der Waals surface area contributed by atoms with E-state index in [2.05, 4.69) is 6.07 Å². The number of hydrogen-bond donors (Lipinski definition) is 1. The molecule has 0 bridgehead atoms. The van der Waals surface area contributed by atoms with Gasteiger partial charge in [0.2, 0.25) is 0 Å². The minimum atomic E-state index is -1.05. The molecule has 4 rings (SSSR count). The van der Waals surface area contributed by atoms with Crippen molar-refractivity contribution in [1.82, 2.24) is 0 Å². The van der Waals surface area contributed by atoms with Crippen molar-refractivity contribution in [2.75, 3.05) is 7.11 Å². The van der Waals surface area contributed by atoms with E-state index >= 15 is 0 Å². The molecule has 4 nitrogen and oxygen atoms in total. The highest BCUT2D eigenvalue weighted by Crippen LogP contribution is 2.35. The normalized spacial score (nSPS) is 15.3.